The zero-order valence-corrected chi connectivity index (χ0v) is 9.98. The van der Waals surface area contributed by atoms with E-state index in [0.29, 0.717) is 16.5 Å². The summed E-state index contributed by atoms with van der Waals surface area (Å²) in [5.41, 5.74) is 0. The number of nitrogens with zero attached hydrogens (tertiary/aromatic N) is 1. The zero-order chi connectivity index (χ0) is 10.6. The second kappa shape index (κ2) is 5.34. The van der Waals surface area contributed by atoms with Crippen LogP contribution in [0.5, 0.6) is 0 Å². The molecule has 1 N–H and O–H groups in total. The second-order valence-corrected chi connectivity index (χ2v) is 7.24. The van der Waals surface area contributed by atoms with E-state index in [0.717, 1.165) is 25.6 Å². The van der Waals surface area contributed by atoms with E-state index in [9.17, 15) is 8.42 Å². The van der Waals surface area contributed by atoms with E-state index < -0.39 is 9.15 Å². The molecule has 0 unspecified atom stereocenters. The van der Waals surface area contributed by atoms with Gasteiger partial charge in [0.25, 0.3) is 0 Å². The first-order chi connectivity index (χ1) is 6.47. The highest BCUT2D eigenvalue weighted by atomic mass is 33.1. The highest BCUT2D eigenvalue weighted by Crippen LogP contribution is 2.17. The van der Waals surface area contributed by atoms with Crippen LogP contribution < -0.4 is 0 Å². The molecule has 0 spiro atoms. The van der Waals surface area contributed by atoms with Gasteiger partial charge in [0.15, 0.2) is 0 Å². The summed E-state index contributed by atoms with van der Waals surface area (Å²) in [5.74, 6) is 1.24. The van der Waals surface area contributed by atoms with Crippen molar-refractivity contribution in [2.24, 2.45) is 5.92 Å². The third-order valence-electron chi connectivity index (χ3n) is 2.52. The molecule has 1 heterocycles. The lowest BCUT2D eigenvalue weighted by atomic mass is 9.99. The molecule has 1 rings (SSSR count). The third kappa shape index (κ3) is 5.19. The summed E-state index contributed by atoms with van der Waals surface area (Å²) < 4.78 is 29.4. The van der Waals surface area contributed by atoms with Gasteiger partial charge in [0.2, 0.25) is 0 Å². The lowest BCUT2D eigenvalue weighted by Gasteiger charge is -2.29. The van der Waals surface area contributed by atoms with Gasteiger partial charge < -0.3 is 4.90 Å². The minimum Gasteiger partial charge on any atom is -0.302 e. The maximum atomic E-state index is 10.4. The topological polar surface area (TPSA) is 57.6 Å². The maximum Gasteiger partial charge on any atom is 0.319 e. The Morgan fingerprint density at radius 3 is 2.50 bits per heavy atom. The van der Waals surface area contributed by atoms with Crippen LogP contribution in [0, 0.1) is 5.92 Å². The Morgan fingerprint density at radius 1 is 1.43 bits per heavy atom. The van der Waals surface area contributed by atoms with Gasteiger partial charge in [-0.2, -0.15) is 8.42 Å². The van der Waals surface area contributed by atoms with Gasteiger partial charge in [0, 0.05) is 12.3 Å². The van der Waals surface area contributed by atoms with Crippen molar-refractivity contribution < 1.29 is 13.0 Å². The van der Waals surface area contributed by atoms with Crippen molar-refractivity contribution >= 4 is 19.9 Å². The Bertz CT molecular complexity index is 258. The number of hydrogen-bond donors (Lipinski definition) is 1. The largest absolute Gasteiger partial charge is 0.319 e. The van der Waals surface area contributed by atoms with E-state index in [1.165, 1.54) is 12.8 Å². The molecule has 0 aromatic rings. The van der Waals surface area contributed by atoms with Crippen LogP contribution in [0.2, 0.25) is 0 Å². The summed E-state index contributed by atoms with van der Waals surface area (Å²) >= 11 is 0. The zero-order valence-electron chi connectivity index (χ0n) is 8.35. The fourth-order valence-electron chi connectivity index (χ4n) is 1.56. The predicted molar refractivity (Wildman–Crippen MR) is 58.8 cm³/mol. The van der Waals surface area contributed by atoms with Crippen LogP contribution in [0.3, 0.4) is 0 Å². The molecule has 1 aliphatic heterocycles. The lowest BCUT2D eigenvalue weighted by Crippen LogP contribution is -2.34. The molecule has 0 bridgehead atoms. The van der Waals surface area contributed by atoms with Crippen LogP contribution in [0.4, 0.5) is 0 Å². The van der Waals surface area contributed by atoms with Crippen LogP contribution in [-0.4, -0.2) is 43.3 Å². The van der Waals surface area contributed by atoms with Crippen molar-refractivity contribution in [3.05, 3.63) is 0 Å². The van der Waals surface area contributed by atoms with Gasteiger partial charge in [0.05, 0.1) is 0 Å². The highest BCUT2D eigenvalue weighted by molar-refractivity contribution is 8.69. The highest BCUT2D eigenvalue weighted by Gasteiger charge is 2.15. The summed E-state index contributed by atoms with van der Waals surface area (Å²) in [6, 6.07) is 0. The van der Waals surface area contributed by atoms with Gasteiger partial charge in [-0.05, 0) is 42.6 Å². The second-order valence-electron chi connectivity index (χ2n) is 3.77. The van der Waals surface area contributed by atoms with Crippen molar-refractivity contribution in [2.75, 3.05) is 25.4 Å². The maximum absolute atomic E-state index is 10.4. The molecule has 14 heavy (non-hydrogen) atoms. The Kier molecular flexibility index (Phi) is 4.69. The van der Waals surface area contributed by atoms with Crippen LogP contribution in [0.1, 0.15) is 19.8 Å². The number of rotatable bonds is 4. The molecule has 1 fully saturated rings. The first-order valence-electron chi connectivity index (χ1n) is 4.81. The molecule has 6 heteroatoms. The van der Waals surface area contributed by atoms with Crippen molar-refractivity contribution in [3.8, 4) is 0 Å². The molecule has 0 aliphatic carbocycles. The van der Waals surface area contributed by atoms with E-state index in [4.69, 9.17) is 4.55 Å². The quantitative estimate of drug-likeness (QED) is 0.591. The average Bonchev–Trinajstić information content (AvgIpc) is 2.06. The SMILES string of the molecule is CC1CCN(CCSS(=O)(=O)O)CC1. The van der Waals surface area contributed by atoms with Gasteiger partial charge in [-0.15, -0.1) is 0 Å². The molecular formula is C8H17NO3S2. The monoisotopic (exact) mass is 239 g/mol. The van der Waals surface area contributed by atoms with Gasteiger partial charge in [-0.1, -0.05) is 6.92 Å². The summed E-state index contributed by atoms with van der Waals surface area (Å²) in [7, 11) is -3.23. The van der Waals surface area contributed by atoms with E-state index in [-0.39, 0.29) is 0 Å². The van der Waals surface area contributed by atoms with Crippen molar-refractivity contribution in [2.45, 2.75) is 19.8 Å². The summed E-state index contributed by atoms with van der Waals surface area (Å²) in [6.07, 6.45) is 2.38. The molecule has 0 saturated carbocycles. The molecule has 4 nitrogen and oxygen atoms in total. The lowest BCUT2D eigenvalue weighted by molar-refractivity contribution is 0.203. The first-order valence-corrected chi connectivity index (χ1v) is 7.76. The van der Waals surface area contributed by atoms with Gasteiger partial charge >= 0.3 is 9.15 Å². The van der Waals surface area contributed by atoms with Crippen LogP contribution >= 0.6 is 10.8 Å². The Balaban J connectivity index is 2.14. The average molecular weight is 239 g/mol. The van der Waals surface area contributed by atoms with Gasteiger partial charge in [-0.25, -0.2) is 0 Å². The van der Waals surface area contributed by atoms with Crippen molar-refractivity contribution in [3.63, 3.8) is 0 Å². The van der Waals surface area contributed by atoms with Crippen LogP contribution in [0.15, 0.2) is 0 Å². The van der Waals surface area contributed by atoms with Gasteiger partial charge in [0.1, 0.15) is 0 Å². The van der Waals surface area contributed by atoms with E-state index in [1.807, 2.05) is 0 Å². The predicted octanol–water partition coefficient (Wildman–Crippen LogP) is 1.25. The van der Waals surface area contributed by atoms with Gasteiger partial charge in [-0.3, -0.25) is 4.55 Å². The third-order valence-corrected chi connectivity index (χ3v) is 4.56. The van der Waals surface area contributed by atoms with E-state index >= 15 is 0 Å². The normalized spacial score (nSPS) is 21.3. The molecule has 1 saturated heterocycles. The molecule has 0 atom stereocenters. The van der Waals surface area contributed by atoms with E-state index in [2.05, 4.69) is 11.8 Å². The standard InChI is InChI=1S/C8H17NO3S2/c1-8-2-4-9(5-3-8)6-7-13-14(10,11)12/h8H,2-7H2,1H3,(H,10,11,12). The number of likely N-dealkylation sites (tertiary alicyclic amines) is 1. The summed E-state index contributed by atoms with van der Waals surface area (Å²) in [6.45, 7) is 5.09. The minimum atomic E-state index is -3.85. The summed E-state index contributed by atoms with van der Waals surface area (Å²) in [5, 5.41) is 0. The Labute approximate surface area is 89.2 Å². The molecular weight excluding hydrogens is 222 g/mol. The van der Waals surface area contributed by atoms with Crippen LogP contribution in [-0.2, 0) is 9.15 Å². The summed E-state index contributed by atoms with van der Waals surface area (Å²) in [4.78, 5) is 2.25. The number of hydrogen-bond acceptors (Lipinski definition) is 4. The van der Waals surface area contributed by atoms with Crippen molar-refractivity contribution in [1.29, 1.82) is 0 Å². The molecule has 84 valence electrons. The van der Waals surface area contributed by atoms with Crippen molar-refractivity contribution in [1.82, 2.24) is 4.90 Å². The Morgan fingerprint density at radius 2 is 2.00 bits per heavy atom. The van der Waals surface area contributed by atoms with Crippen LogP contribution in [0.25, 0.3) is 0 Å². The molecule has 0 aromatic carbocycles. The number of piperidine rings is 1. The Hall–Kier alpha value is 0.220. The molecule has 0 amide bonds. The minimum absolute atomic E-state index is 0.452. The van der Waals surface area contributed by atoms with E-state index in [1.54, 1.807) is 0 Å². The molecule has 0 aromatic heterocycles. The molecule has 0 radical (unpaired) electrons. The smallest absolute Gasteiger partial charge is 0.302 e. The fraction of sp³-hybridized carbons (Fsp3) is 1.00. The molecule has 1 aliphatic rings. The fourth-order valence-corrected chi connectivity index (χ4v) is 2.96. The first kappa shape index (κ1) is 12.3.